The fourth-order valence-corrected chi connectivity index (χ4v) is 2.97. The molecule has 1 fully saturated rings. The van der Waals surface area contributed by atoms with Crippen LogP contribution in [0.25, 0.3) is 0 Å². The van der Waals surface area contributed by atoms with Crippen molar-refractivity contribution in [3.05, 3.63) is 29.8 Å². The van der Waals surface area contributed by atoms with Crippen LogP contribution in [0.1, 0.15) is 43.6 Å². The molecule has 0 saturated heterocycles. The average molecular weight is 248 g/mol. The molecular formula is C15H20O3. The third-order valence-corrected chi connectivity index (χ3v) is 3.89. The van der Waals surface area contributed by atoms with Crippen LogP contribution in [0.4, 0.5) is 0 Å². The van der Waals surface area contributed by atoms with Gasteiger partial charge in [-0.2, -0.15) is 0 Å². The van der Waals surface area contributed by atoms with E-state index >= 15 is 0 Å². The van der Waals surface area contributed by atoms with Crippen LogP contribution in [-0.2, 0) is 4.79 Å². The van der Waals surface area contributed by atoms with Crippen molar-refractivity contribution in [2.24, 2.45) is 5.92 Å². The van der Waals surface area contributed by atoms with E-state index in [2.05, 4.69) is 12.1 Å². The van der Waals surface area contributed by atoms with Crippen molar-refractivity contribution in [3.63, 3.8) is 0 Å². The molecule has 0 spiro atoms. The number of hydrogen-bond acceptors (Lipinski definition) is 2. The van der Waals surface area contributed by atoms with Gasteiger partial charge in [0.05, 0.1) is 7.11 Å². The molecule has 0 aromatic heterocycles. The molecule has 1 aliphatic rings. The van der Waals surface area contributed by atoms with E-state index in [4.69, 9.17) is 9.84 Å². The van der Waals surface area contributed by atoms with Crippen molar-refractivity contribution in [2.75, 3.05) is 7.11 Å². The van der Waals surface area contributed by atoms with Gasteiger partial charge in [0, 0.05) is 6.42 Å². The molecule has 1 aromatic rings. The van der Waals surface area contributed by atoms with Gasteiger partial charge in [-0.3, -0.25) is 4.79 Å². The van der Waals surface area contributed by atoms with Crippen molar-refractivity contribution in [2.45, 2.75) is 38.0 Å². The molecular weight excluding hydrogens is 228 g/mol. The lowest BCUT2D eigenvalue weighted by Gasteiger charge is -2.31. The first-order valence-electron chi connectivity index (χ1n) is 6.56. The smallest absolute Gasteiger partial charge is 0.303 e. The SMILES string of the molecule is COc1ccc([C@@H]2CCCC[C@@H]2CC(=O)O)cc1. The Morgan fingerprint density at radius 3 is 2.56 bits per heavy atom. The first-order valence-corrected chi connectivity index (χ1v) is 6.56. The summed E-state index contributed by atoms with van der Waals surface area (Å²) in [5.41, 5.74) is 1.25. The van der Waals surface area contributed by atoms with Gasteiger partial charge in [-0.15, -0.1) is 0 Å². The van der Waals surface area contributed by atoms with Gasteiger partial charge in [-0.1, -0.05) is 25.0 Å². The summed E-state index contributed by atoms with van der Waals surface area (Å²) in [6.45, 7) is 0. The fourth-order valence-electron chi connectivity index (χ4n) is 2.97. The Balaban J connectivity index is 2.13. The first-order chi connectivity index (χ1) is 8.70. The molecule has 3 heteroatoms. The minimum Gasteiger partial charge on any atom is -0.497 e. The molecule has 1 saturated carbocycles. The molecule has 98 valence electrons. The molecule has 0 unspecified atom stereocenters. The van der Waals surface area contributed by atoms with Gasteiger partial charge in [-0.05, 0) is 42.4 Å². The van der Waals surface area contributed by atoms with Crippen LogP contribution < -0.4 is 4.74 Å². The second-order valence-electron chi connectivity index (χ2n) is 5.02. The Bertz CT molecular complexity index is 397. The zero-order chi connectivity index (χ0) is 13.0. The van der Waals surface area contributed by atoms with Crippen LogP contribution in [0.5, 0.6) is 5.75 Å². The highest BCUT2D eigenvalue weighted by molar-refractivity contribution is 5.67. The molecule has 0 amide bonds. The normalized spacial score (nSPS) is 23.6. The van der Waals surface area contributed by atoms with E-state index in [1.165, 1.54) is 12.0 Å². The number of ether oxygens (including phenoxy) is 1. The van der Waals surface area contributed by atoms with E-state index in [1.54, 1.807) is 7.11 Å². The van der Waals surface area contributed by atoms with E-state index in [1.807, 2.05) is 12.1 Å². The van der Waals surface area contributed by atoms with Gasteiger partial charge in [0.1, 0.15) is 5.75 Å². The number of carbonyl (C=O) groups is 1. The molecule has 1 aromatic carbocycles. The first kappa shape index (κ1) is 12.9. The summed E-state index contributed by atoms with van der Waals surface area (Å²) in [6, 6.07) is 8.07. The molecule has 2 rings (SSSR count). The zero-order valence-electron chi connectivity index (χ0n) is 10.8. The van der Waals surface area contributed by atoms with Gasteiger partial charge < -0.3 is 9.84 Å². The second kappa shape index (κ2) is 5.89. The molecule has 0 heterocycles. The quantitative estimate of drug-likeness (QED) is 0.887. The summed E-state index contributed by atoms with van der Waals surface area (Å²) in [6.07, 6.45) is 4.78. The van der Waals surface area contributed by atoms with Crippen LogP contribution in [0, 0.1) is 5.92 Å². The fraction of sp³-hybridized carbons (Fsp3) is 0.533. The van der Waals surface area contributed by atoms with Gasteiger partial charge in [0.25, 0.3) is 0 Å². The second-order valence-corrected chi connectivity index (χ2v) is 5.02. The Kier molecular flexibility index (Phi) is 4.24. The third-order valence-electron chi connectivity index (χ3n) is 3.89. The molecule has 2 atom stereocenters. The molecule has 0 bridgehead atoms. The predicted molar refractivity (Wildman–Crippen MR) is 69.9 cm³/mol. The summed E-state index contributed by atoms with van der Waals surface area (Å²) in [5.74, 6) is 0.843. The highest BCUT2D eigenvalue weighted by Crippen LogP contribution is 2.39. The summed E-state index contributed by atoms with van der Waals surface area (Å²) in [5, 5.41) is 8.99. The largest absolute Gasteiger partial charge is 0.497 e. The summed E-state index contributed by atoms with van der Waals surface area (Å²) >= 11 is 0. The maximum atomic E-state index is 10.9. The number of methoxy groups -OCH3 is 1. The van der Waals surface area contributed by atoms with Crippen molar-refractivity contribution < 1.29 is 14.6 Å². The van der Waals surface area contributed by atoms with Gasteiger partial charge in [0.15, 0.2) is 0 Å². The van der Waals surface area contributed by atoms with E-state index < -0.39 is 5.97 Å². The monoisotopic (exact) mass is 248 g/mol. The molecule has 3 nitrogen and oxygen atoms in total. The van der Waals surface area contributed by atoms with Gasteiger partial charge in [0.2, 0.25) is 0 Å². The zero-order valence-corrected chi connectivity index (χ0v) is 10.8. The van der Waals surface area contributed by atoms with Gasteiger partial charge >= 0.3 is 5.97 Å². The predicted octanol–water partition coefficient (Wildman–Crippen LogP) is 3.44. The maximum Gasteiger partial charge on any atom is 0.303 e. The third kappa shape index (κ3) is 3.03. The van der Waals surface area contributed by atoms with Crippen molar-refractivity contribution >= 4 is 5.97 Å². The Hall–Kier alpha value is -1.51. The van der Waals surface area contributed by atoms with Crippen LogP contribution in [0.3, 0.4) is 0 Å². The highest BCUT2D eigenvalue weighted by atomic mass is 16.5. The van der Waals surface area contributed by atoms with Crippen molar-refractivity contribution in [1.82, 2.24) is 0 Å². The van der Waals surface area contributed by atoms with E-state index in [9.17, 15) is 4.79 Å². The summed E-state index contributed by atoms with van der Waals surface area (Å²) in [7, 11) is 1.66. The molecule has 1 N–H and O–H groups in total. The van der Waals surface area contributed by atoms with Gasteiger partial charge in [-0.25, -0.2) is 0 Å². The van der Waals surface area contributed by atoms with Crippen LogP contribution in [0.2, 0.25) is 0 Å². The standard InChI is InChI=1S/C15H20O3/c1-18-13-8-6-11(7-9-13)14-5-3-2-4-12(14)10-15(16)17/h6-9,12,14H,2-5,10H2,1H3,(H,16,17)/t12-,14+/m1/s1. The van der Waals surface area contributed by atoms with E-state index in [0.29, 0.717) is 5.92 Å². The summed E-state index contributed by atoms with van der Waals surface area (Å²) < 4.78 is 5.15. The Morgan fingerprint density at radius 1 is 1.28 bits per heavy atom. The van der Waals surface area contributed by atoms with E-state index in [-0.39, 0.29) is 12.3 Å². The number of aliphatic carboxylic acids is 1. The number of carboxylic acids is 1. The Morgan fingerprint density at radius 2 is 1.94 bits per heavy atom. The number of hydrogen-bond donors (Lipinski definition) is 1. The van der Waals surface area contributed by atoms with E-state index in [0.717, 1.165) is 25.0 Å². The lowest BCUT2D eigenvalue weighted by atomic mass is 9.74. The molecule has 0 aliphatic heterocycles. The minimum absolute atomic E-state index is 0.282. The lowest BCUT2D eigenvalue weighted by Crippen LogP contribution is -2.20. The topological polar surface area (TPSA) is 46.5 Å². The number of carboxylic acid groups (broad SMARTS) is 1. The summed E-state index contributed by atoms with van der Waals surface area (Å²) in [4.78, 5) is 10.9. The Labute approximate surface area is 108 Å². The van der Waals surface area contributed by atoms with Crippen molar-refractivity contribution in [1.29, 1.82) is 0 Å². The van der Waals surface area contributed by atoms with Crippen LogP contribution >= 0.6 is 0 Å². The maximum absolute atomic E-state index is 10.9. The van der Waals surface area contributed by atoms with Crippen LogP contribution in [-0.4, -0.2) is 18.2 Å². The molecule has 1 aliphatic carbocycles. The highest BCUT2D eigenvalue weighted by Gasteiger charge is 2.28. The number of rotatable bonds is 4. The van der Waals surface area contributed by atoms with Crippen LogP contribution in [0.15, 0.2) is 24.3 Å². The number of benzene rings is 1. The molecule has 0 radical (unpaired) electrons. The molecule has 18 heavy (non-hydrogen) atoms. The van der Waals surface area contributed by atoms with Crippen molar-refractivity contribution in [3.8, 4) is 5.75 Å². The minimum atomic E-state index is -0.680. The average Bonchev–Trinajstić information content (AvgIpc) is 2.39. The lowest BCUT2D eigenvalue weighted by molar-refractivity contribution is -0.138.